The lowest BCUT2D eigenvalue weighted by atomic mass is 10.1. The second-order valence-corrected chi connectivity index (χ2v) is 4.82. The van der Waals surface area contributed by atoms with Crippen molar-refractivity contribution in [1.82, 2.24) is 14.6 Å². The van der Waals surface area contributed by atoms with Gasteiger partial charge in [-0.05, 0) is 18.2 Å². The van der Waals surface area contributed by atoms with E-state index in [1.165, 1.54) is 0 Å². The minimum absolute atomic E-state index is 0.527. The molecule has 0 fully saturated rings. The maximum absolute atomic E-state index is 9.54. The number of pyridine rings is 1. The summed E-state index contributed by atoms with van der Waals surface area (Å²) in [5, 5.41) is 17.8. The highest BCUT2D eigenvalue weighted by Crippen LogP contribution is 2.36. The highest BCUT2D eigenvalue weighted by Gasteiger charge is 2.21. The number of rotatable bonds is 1. The van der Waals surface area contributed by atoms with Crippen molar-refractivity contribution in [2.75, 3.05) is 5.73 Å². The van der Waals surface area contributed by atoms with Crippen LogP contribution in [-0.4, -0.2) is 14.6 Å². The van der Waals surface area contributed by atoms with E-state index >= 15 is 0 Å². The predicted molar refractivity (Wildman–Crippen MR) is 81.6 cm³/mol. The zero-order valence-corrected chi connectivity index (χ0v) is 11.0. The Morgan fingerprint density at radius 3 is 2.81 bits per heavy atom. The molecule has 4 rings (SSSR count). The molecule has 0 radical (unpaired) electrons. The number of hydrogen-bond donors (Lipinski definition) is 2. The molecular formula is C16H11N5. The Kier molecular flexibility index (Phi) is 2.27. The van der Waals surface area contributed by atoms with Crippen LogP contribution in [0, 0.1) is 11.3 Å². The normalized spacial score (nSPS) is 11.0. The van der Waals surface area contributed by atoms with Crippen LogP contribution in [-0.2, 0) is 0 Å². The molecule has 0 aliphatic carbocycles. The molecule has 5 nitrogen and oxygen atoms in total. The molecule has 4 aromatic rings. The predicted octanol–water partition coefficient (Wildman–Crippen LogP) is 2.94. The number of H-pyrrole nitrogens is 1. The molecule has 0 aliphatic heterocycles. The molecule has 5 heteroatoms. The van der Waals surface area contributed by atoms with Crippen LogP contribution < -0.4 is 5.73 Å². The molecule has 0 saturated carbocycles. The summed E-state index contributed by atoms with van der Waals surface area (Å²) in [5.41, 5.74) is 9.91. The van der Waals surface area contributed by atoms with Gasteiger partial charge in [0.15, 0.2) is 0 Å². The number of nitriles is 1. The van der Waals surface area contributed by atoms with E-state index < -0.39 is 0 Å². The van der Waals surface area contributed by atoms with Crippen LogP contribution in [0.2, 0.25) is 0 Å². The maximum Gasteiger partial charge on any atom is 0.119 e. The van der Waals surface area contributed by atoms with Crippen LogP contribution in [0.15, 0.2) is 48.7 Å². The number of benzene rings is 1. The smallest absolute Gasteiger partial charge is 0.119 e. The van der Waals surface area contributed by atoms with Crippen LogP contribution in [0.5, 0.6) is 0 Å². The first-order chi connectivity index (χ1) is 10.3. The lowest BCUT2D eigenvalue weighted by Gasteiger charge is -1.98. The van der Waals surface area contributed by atoms with Crippen molar-refractivity contribution < 1.29 is 0 Å². The van der Waals surface area contributed by atoms with Crippen LogP contribution in [0.1, 0.15) is 5.56 Å². The number of aromatic amines is 1. The summed E-state index contributed by atoms with van der Waals surface area (Å²) in [4.78, 5) is 0. The highest BCUT2D eigenvalue weighted by atomic mass is 15.1. The number of aromatic nitrogens is 3. The van der Waals surface area contributed by atoms with E-state index in [1.54, 1.807) is 0 Å². The van der Waals surface area contributed by atoms with Crippen molar-refractivity contribution in [2.24, 2.45) is 0 Å². The van der Waals surface area contributed by atoms with Crippen LogP contribution in [0.25, 0.3) is 27.7 Å². The zero-order chi connectivity index (χ0) is 14.4. The fourth-order valence-electron chi connectivity index (χ4n) is 2.74. The van der Waals surface area contributed by atoms with Crippen molar-refractivity contribution >= 4 is 22.2 Å². The van der Waals surface area contributed by atoms with Crippen LogP contribution >= 0.6 is 0 Å². The lowest BCUT2D eigenvalue weighted by molar-refractivity contribution is 1.12. The topological polar surface area (TPSA) is 82.9 Å². The van der Waals surface area contributed by atoms with Gasteiger partial charge < -0.3 is 10.1 Å². The minimum Gasteiger partial charge on any atom is -0.384 e. The summed E-state index contributed by atoms with van der Waals surface area (Å²) in [6.45, 7) is 0. The fourth-order valence-corrected chi connectivity index (χ4v) is 2.74. The molecule has 1 aromatic carbocycles. The third-order valence-electron chi connectivity index (χ3n) is 3.70. The Morgan fingerprint density at radius 1 is 1.14 bits per heavy atom. The van der Waals surface area contributed by atoms with Gasteiger partial charge in [-0.25, -0.2) is 0 Å². The van der Waals surface area contributed by atoms with E-state index in [0.29, 0.717) is 22.6 Å². The van der Waals surface area contributed by atoms with Gasteiger partial charge in [-0.1, -0.05) is 24.3 Å². The number of hydrogen-bond acceptors (Lipinski definition) is 3. The summed E-state index contributed by atoms with van der Waals surface area (Å²) in [7, 11) is 0. The number of nitrogen functional groups attached to an aromatic ring is 1. The van der Waals surface area contributed by atoms with Crippen molar-refractivity contribution in [3.05, 3.63) is 54.2 Å². The molecule has 0 bridgehead atoms. The highest BCUT2D eigenvalue weighted by molar-refractivity contribution is 6.00. The number of nitrogens with one attached hydrogen (secondary N) is 1. The number of para-hydroxylation sites is 1. The summed E-state index contributed by atoms with van der Waals surface area (Å²) in [6.07, 6.45) is 1.85. The molecule has 0 unspecified atom stereocenters. The molecule has 3 aromatic heterocycles. The molecule has 0 saturated heterocycles. The van der Waals surface area contributed by atoms with Gasteiger partial charge in [-0.3, -0.25) is 5.10 Å². The van der Waals surface area contributed by atoms with Crippen molar-refractivity contribution in [3.63, 3.8) is 0 Å². The molecular weight excluding hydrogens is 262 g/mol. The average Bonchev–Trinajstić information content (AvgIpc) is 3.06. The third-order valence-corrected chi connectivity index (χ3v) is 3.70. The third kappa shape index (κ3) is 1.47. The fraction of sp³-hybridized carbons (Fsp3) is 0. The first-order valence-electron chi connectivity index (χ1n) is 6.53. The van der Waals surface area contributed by atoms with Gasteiger partial charge in [0, 0.05) is 11.6 Å². The Bertz CT molecular complexity index is 1020. The van der Waals surface area contributed by atoms with Gasteiger partial charge in [0.05, 0.1) is 22.2 Å². The summed E-state index contributed by atoms with van der Waals surface area (Å²) in [6, 6.07) is 15.7. The standard InChI is InChI=1S/C16H11N5/c17-9-11-13-7-3-4-8-21(13)16(18)14(11)15-10-5-1-2-6-12(10)19-20-15/h1-8H,18H2,(H,19,20). The molecule has 0 spiro atoms. The Hall–Kier alpha value is -3.26. The van der Waals surface area contributed by atoms with Crippen LogP contribution in [0.4, 0.5) is 5.82 Å². The monoisotopic (exact) mass is 273 g/mol. The second-order valence-electron chi connectivity index (χ2n) is 4.82. The van der Waals surface area contributed by atoms with Crippen molar-refractivity contribution in [1.29, 1.82) is 5.26 Å². The van der Waals surface area contributed by atoms with Gasteiger partial charge in [0.1, 0.15) is 17.6 Å². The second kappa shape index (κ2) is 4.12. The van der Waals surface area contributed by atoms with E-state index in [0.717, 1.165) is 16.4 Å². The number of anilines is 1. The van der Waals surface area contributed by atoms with Crippen LogP contribution in [0.3, 0.4) is 0 Å². The van der Waals surface area contributed by atoms with Gasteiger partial charge in [0.25, 0.3) is 0 Å². The molecule has 100 valence electrons. The molecule has 3 heterocycles. The van der Waals surface area contributed by atoms with Gasteiger partial charge in [-0.15, -0.1) is 0 Å². The largest absolute Gasteiger partial charge is 0.384 e. The molecule has 0 atom stereocenters. The van der Waals surface area contributed by atoms with Gasteiger partial charge in [-0.2, -0.15) is 10.4 Å². The van der Waals surface area contributed by atoms with E-state index in [4.69, 9.17) is 5.73 Å². The van der Waals surface area contributed by atoms with E-state index in [2.05, 4.69) is 16.3 Å². The summed E-state index contributed by atoms with van der Waals surface area (Å²) in [5.74, 6) is 0.527. The van der Waals surface area contributed by atoms with E-state index in [1.807, 2.05) is 53.1 Å². The number of nitrogens with two attached hydrogens (primary N) is 1. The summed E-state index contributed by atoms with van der Waals surface area (Å²) < 4.78 is 1.82. The van der Waals surface area contributed by atoms with Crippen molar-refractivity contribution in [3.8, 4) is 17.3 Å². The van der Waals surface area contributed by atoms with Gasteiger partial charge in [0.2, 0.25) is 0 Å². The van der Waals surface area contributed by atoms with E-state index in [9.17, 15) is 5.26 Å². The lowest BCUT2D eigenvalue weighted by Crippen LogP contribution is -1.93. The number of nitrogens with zero attached hydrogens (tertiary/aromatic N) is 3. The Morgan fingerprint density at radius 2 is 1.95 bits per heavy atom. The first-order valence-corrected chi connectivity index (χ1v) is 6.53. The molecule has 0 aliphatic rings. The number of fused-ring (bicyclic) bond motifs is 2. The quantitative estimate of drug-likeness (QED) is 0.559. The zero-order valence-electron chi connectivity index (χ0n) is 11.0. The Labute approximate surface area is 120 Å². The SMILES string of the molecule is N#Cc1c(-c2n[nH]c3ccccc23)c(N)n2ccccc12. The maximum atomic E-state index is 9.54. The minimum atomic E-state index is 0.527. The van der Waals surface area contributed by atoms with Gasteiger partial charge >= 0.3 is 0 Å². The summed E-state index contributed by atoms with van der Waals surface area (Å²) >= 11 is 0. The molecule has 21 heavy (non-hydrogen) atoms. The average molecular weight is 273 g/mol. The van der Waals surface area contributed by atoms with E-state index in [-0.39, 0.29) is 0 Å². The Balaban J connectivity index is 2.16. The molecule has 3 N–H and O–H groups in total. The molecule has 0 amide bonds. The first kappa shape index (κ1) is 11.6. The van der Waals surface area contributed by atoms with Crippen molar-refractivity contribution in [2.45, 2.75) is 0 Å².